The van der Waals surface area contributed by atoms with Crippen molar-refractivity contribution in [2.75, 3.05) is 7.11 Å². The second kappa shape index (κ2) is 6.41. The molecule has 0 fully saturated rings. The summed E-state index contributed by atoms with van der Waals surface area (Å²) >= 11 is 1.69. The Kier molecular flexibility index (Phi) is 3.96. The van der Waals surface area contributed by atoms with E-state index in [1.807, 2.05) is 28.8 Å². The molecule has 3 heterocycles. The van der Waals surface area contributed by atoms with E-state index in [1.165, 1.54) is 5.56 Å². The van der Waals surface area contributed by atoms with E-state index in [0.29, 0.717) is 5.78 Å². The number of ether oxygens (including phenoxy) is 1. The molecular formula is C18H16N4OS. The normalized spacial score (nSPS) is 11.0. The molecule has 4 rings (SSSR count). The van der Waals surface area contributed by atoms with Crippen LogP contribution in [0.5, 0.6) is 5.75 Å². The average molecular weight is 336 g/mol. The Hall–Kier alpha value is -2.73. The number of rotatable bonds is 5. The van der Waals surface area contributed by atoms with Crippen molar-refractivity contribution >= 4 is 17.1 Å². The summed E-state index contributed by atoms with van der Waals surface area (Å²) in [4.78, 5) is 10.0. The summed E-state index contributed by atoms with van der Waals surface area (Å²) in [5, 5.41) is 6.70. The van der Waals surface area contributed by atoms with E-state index in [-0.39, 0.29) is 0 Å². The monoisotopic (exact) mass is 336 g/mol. The van der Waals surface area contributed by atoms with Crippen LogP contribution in [-0.4, -0.2) is 26.7 Å². The highest BCUT2D eigenvalue weighted by atomic mass is 32.1. The van der Waals surface area contributed by atoms with Gasteiger partial charge in [0.1, 0.15) is 5.75 Å². The smallest absolute Gasteiger partial charge is 0.252 e. The van der Waals surface area contributed by atoms with Crippen molar-refractivity contribution in [2.45, 2.75) is 12.8 Å². The van der Waals surface area contributed by atoms with Crippen LogP contribution in [-0.2, 0) is 12.8 Å². The molecule has 0 aliphatic heterocycles. The van der Waals surface area contributed by atoms with Crippen molar-refractivity contribution in [1.29, 1.82) is 0 Å². The Labute approximate surface area is 143 Å². The molecule has 0 aliphatic rings. The van der Waals surface area contributed by atoms with Crippen LogP contribution < -0.4 is 4.74 Å². The summed E-state index contributed by atoms with van der Waals surface area (Å²) in [5.74, 6) is 2.32. The molecular weight excluding hydrogens is 320 g/mol. The molecule has 4 aromatic rings. The Morgan fingerprint density at radius 2 is 1.96 bits per heavy atom. The zero-order chi connectivity index (χ0) is 16.4. The van der Waals surface area contributed by atoms with Crippen LogP contribution in [0.1, 0.15) is 11.4 Å². The van der Waals surface area contributed by atoms with Crippen LogP contribution in [0.2, 0.25) is 0 Å². The summed E-state index contributed by atoms with van der Waals surface area (Å²) in [6, 6.07) is 14.2. The molecule has 5 nitrogen and oxygen atoms in total. The number of hydrogen-bond acceptors (Lipinski definition) is 5. The topological polar surface area (TPSA) is 52.3 Å². The number of fused-ring (bicyclic) bond motifs is 1. The Bertz CT molecular complexity index is 945. The van der Waals surface area contributed by atoms with Crippen LogP contribution in [0.15, 0.2) is 54.0 Å². The maximum atomic E-state index is 5.19. The van der Waals surface area contributed by atoms with Crippen LogP contribution >= 0.6 is 11.3 Å². The predicted molar refractivity (Wildman–Crippen MR) is 94.5 cm³/mol. The van der Waals surface area contributed by atoms with E-state index >= 15 is 0 Å². The van der Waals surface area contributed by atoms with Crippen molar-refractivity contribution in [1.82, 2.24) is 19.6 Å². The van der Waals surface area contributed by atoms with Gasteiger partial charge < -0.3 is 4.74 Å². The van der Waals surface area contributed by atoms with Gasteiger partial charge in [-0.15, -0.1) is 16.4 Å². The molecule has 0 N–H and O–H groups in total. The molecule has 0 bridgehead atoms. The first kappa shape index (κ1) is 14.8. The lowest BCUT2D eigenvalue weighted by molar-refractivity contribution is 0.414. The minimum Gasteiger partial charge on any atom is -0.497 e. The molecule has 3 aromatic heterocycles. The van der Waals surface area contributed by atoms with E-state index in [0.717, 1.165) is 35.0 Å². The first-order valence-electron chi connectivity index (χ1n) is 7.71. The third-order valence-corrected chi connectivity index (χ3v) is 4.75. The number of aromatic nitrogens is 4. The van der Waals surface area contributed by atoms with Crippen LogP contribution in [0, 0.1) is 0 Å². The van der Waals surface area contributed by atoms with Gasteiger partial charge in [0.25, 0.3) is 5.78 Å². The maximum absolute atomic E-state index is 5.19. The standard InChI is InChI=1S/C18H16N4OS/c1-23-14-7-4-13(5-8-14)6-9-17-20-18-19-11-10-15(22(18)21-17)16-3-2-12-24-16/h2-5,7-8,10-12H,6,9H2,1H3. The van der Waals surface area contributed by atoms with E-state index < -0.39 is 0 Å². The minimum absolute atomic E-state index is 0.644. The van der Waals surface area contributed by atoms with Gasteiger partial charge in [0.15, 0.2) is 5.82 Å². The van der Waals surface area contributed by atoms with Crippen molar-refractivity contribution in [3.8, 4) is 16.3 Å². The fraction of sp³-hybridized carbons (Fsp3) is 0.167. The average Bonchev–Trinajstić information content (AvgIpc) is 3.29. The quantitative estimate of drug-likeness (QED) is 0.558. The van der Waals surface area contributed by atoms with Gasteiger partial charge in [0, 0.05) is 12.6 Å². The largest absolute Gasteiger partial charge is 0.497 e. The van der Waals surface area contributed by atoms with E-state index in [2.05, 4.69) is 38.6 Å². The number of benzene rings is 1. The molecule has 0 unspecified atom stereocenters. The number of nitrogens with zero attached hydrogens (tertiary/aromatic N) is 4. The van der Waals surface area contributed by atoms with Crippen molar-refractivity contribution in [2.24, 2.45) is 0 Å². The number of aryl methyl sites for hydroxylation is 2. The molecule has 0 radical (unpaired) electrons. The van der Waals surface area contributed by atoms with Crippen molar-refractivity contribution in [3.63, 3.8) is 0 Å². The maximum Gasteiger partial charge on any atom is 0.252 e. The molecule has 1 aromatic carbocycles. The lowest BCUT2D eigenvalue weighted by Gasteiger charge is -2.01. The zero-order valence-corrected chi connectivity index (χ0v) is 14.0. The van der Waals surface area contributed by atoms with Gasteiger partial charge in [-0.3, -0.25) is 0 Å². The Morgan fingerprint density at radius 1 is 1.08 bits per heavy atom. The van der Waals surface area contributed by atoms with Crippen LogP contribution in [0.25, 0.3) is 16.3 Å². The summed E-state index contributed by atoms with van der Waals surface area (Å²) in [7, 11) is 1.67. The summed E-state index contributed by atoms with van der Waals surface area (Å²) in [5.41, 5.74) is 2.26. The van der Waals surface area contributed by atoms with Crippen molar-refractivity contribution < 1.29 is 4.74 Å². The predicted octanol–water partition coefficient (Wildman–Crippen LogP) is 3.65. The van der Waals surface area contributed by atoms with Crippen LogP contribution in [0.3, 0.4) is 0 Å². The zero-order valence-electron chi connectivity index (χ0n) is 13.2. The number of methoxy groups -OCH3 is 1. The third kappa shape index (κ3) is 2.88. The fourth-order valence-corrected chi connectivity index (χ4v) is 3.34. The van der Waals surface area contributed by atoms with E-state index in [4.69, 9.17) is 4.74 Å². The van der Waals surface area contributed by atoms with Crippen molar-refractivity contribution in [3.05, 3.63) is 65.4 Å². The molecule has 0 atom stereocenters. The molecule has 0 saturated heterocycles. The third-order valence-electron chi connectivity index (χ3n) is 3.85. The molecule has 24 heavy (non-hydrogen) atoms. The van der Waals surface area contributed by atoms with Gasteiger partial charge in [0.2, 0.25) is 0 Å². The second-order valence-electron chi connectivity index (χ2n) is 5.40. The van der Waals surface area contributed by atoms with Gasteiger partial charge in [-0.25, -0.2) is 4.98 Å². The molecule has 0 saturated carbocycles. The lowest BCUT2D eigenvalue weighted by Crippen LogP contribution is -1.96. The molecule has 0 amide bonds. The second-order valence-corrected chi connectivity index (χ2v) is 6.34. The van der Waals surface area contributed by atoms with Gasteiger partial charge in [-0.2, -0.15) is 9.50 Å². The summed E-state index contributed by atoms with van der Waals surface area (Å²) in [6.07, 6.45) is 3.45. The Morgan fingerprint density at radius 3 is 2.71 bits per heavy atom. The molecule has 0 aliphatic carbocycles. The van der Waals surface area contributed by atoms with Gasteiger partial charge >= 0.3 is 0 Å². The first-order chi connectivity index (χ1) is 11.8. The summed E-state index contributed by atoms with van der Waals surface area (Å²) < 4.78 is 7.01. The van der Waals surface area contributed by atoms with E-state index in [9.17, 15) is 0 Å². The van der Waals surface area contributed by atoms with Gasteiger partial charge in [0.05, 0.1) is 17.7 Å². The highest BCUT2D eigenvalue weighted by Gasteiger charge is 2.10. The van der Waals surface area contributed by atoms with Gasteiger partial charge in [-0.1, -0.05) is 18.2 Å². The van der Waals surface area contributed by atoms with Crippen LogP contribution in [0.4, 0.5) is 0 Å². The fourth-order valence-electron chi connectivity index (χ4n) is 2.60. The molecule has 120 valence electrons. The van der Waals surface area contributed by atoms with Gasteiger partial charge in [-0.05, 0) is 41.6 Å². The summed E-state index contributed by atoms with van der Waals surface area (Å²) in [6.45, 7) is 0. The SMILES string of the molecule is COc1ccc(CCc2nc3nccc(-c4cccs4)n3n2)cc1. The highest BCUT2D eigenvalue weighted by molar-refractivity contribution is 7.13. The lowest BCUT2D eigenvalue weighted by atomic mass is 10.1. The molecule has 0 spiro atoms. The first-order valence-corrected chi connectivity index (χ1v) is 8.59. The molecule has 6 heteroatoms. The number of hydrogen-bond donors (Lipinski definition) is 0. The van der Waals surface area contributed by atoms with E-state index in [1.54, 1.807) is 24.6 Å². The highest BCUT2D eigenvalue weighted by Crippen LogP contribution is 2.24. The number of thiophene rings is 1. The Balaban J connectivity index is 1.57. The minimum atomic E-state index is 0.644.